The van der Waals surface area contributed by atoms with Gasteiger partial charge in [-0.25, -0.2) is 4.79 Å². The van der Waals surface area contributed by atoms with Crippen LogP contribution in [0.3, 0.4) is 0 Å². The van der Waals surface area contributed by atoms with E-state index in [2.05, 4.69) is 29.1 Å². The number of esters is 1. The molecular weight excluding hydrogens is 508 g/mol. The number of fused-ring (bicyclic) bond motifs is 1. The minimum Gasteiger partial charge on any atom is -0.497 e. The van der Waals surface area contributed by atoms with Crippen LogP contribution < -0.4 is 20.0 Å². The molecule has 1 aromatic heterocycles. The van der Waals surface area contributed by atoms with Gasteiger partial charge in [0.2, 0.25) is 5.95 Å². The lowest BCUT2D eigenvalue weighted by molar-refractivity contribution is -0.112. The molecule has 0 aliphatic heterocycles. The Morgan fingerprint density at radius 1 is 1.25 bits per heavy atom. The normalized spacial score (nSPS) is 19.2. The van der Waals surface area contributed by atoms with Crippen LogP contribution in [0.5, 0.6) is 5.75 Å². The van der Waals surface area contributed by atoms with Crippen LogP contribution in [-0.4, -0.2) is 61.0 Å². The number of benzene rings is 1. The maximum Gasteiger partial charge on any atom is 0.359 e. The first-order valence-electron chi connectivity index (χ1n) is 13.3. The number of carbonyl (C=O) groups is 2. The van der Waals surface area contributed by atoms with Crippen molar-refractivity contribution in [3.8, 4) is 5.75 Å². The van der Waals surface area contributed by atoms with E-state index < -0.39 is 23.0 Å². The fourth-order valence-electron chi connectivity index (χ4n) is 4.65. The number of nitrogens with one attached hydrogen (secondary N) is 1. The molecule has 1 fully saturated rings. The highest BCUT2D eigenvalue weighted by Crippen LogP contribution is 2.56. The number of hydrazone groups is 1. The van der Waals surface area contributed by atoms with Gasteiger partial charge >= 0.3 is 5.97 Å². The molecule has 40 heavy (non-hydrogen) atoms. The maximum atomic E-state index is 13.6. The van der Waals surface area contributed by atoms with Gasteiger partial charge in [0.15, 0.2) is 11.5 Å². The Hall–Kier alpha value is -4.34. The summed E-state index contributed by atoms with van der Waals surface area (Å²) in [4.78, 5) is 33.4. The summed E-state index contributed by atoms with van der Waals surface area (Å²) in [5.41, 5.74) is -0.0638. The minimum absolute atomic E-state index is 0.103. The van der Waals surface area contributed by atoms with Crippen LogP contribution in [0, 0.1) is 5.92 Å². The van der Waals surface area contributed by atoms with E-state index in [1.165, 1.54) is 6.21 Å². The van der Waals surface area contributed by atoms with Gasteiger partial charge in [-0.05, 0) is 58.4 Å². The van der Waals surface area contributed by atoms with Gasteiger partial charge in [0.05, 0.1) is 30.1 Å². The summed E-state index contributed by atoms with van der Waals surface area (Å²) in [6.45, 7) is 11.8. The van der Waals surface area contributed by atoms with Crippen LogP contribution in [0.1, 0.15) is 44.6 Å². The molecule has 1 saturated carbocycles. The molecule has 10 nitrogen and oxygen atoms in total. The summed E-state index contributed by atoms with van der Waals surface area (Å²) < 4.78 is 12.9. The van der Waals surface area contributed by atoms with Crippen molar-refractivity contribution in [3.63, 3.8) is 0 Å². The Morgan fingerprint density at radius 3 is 2.52 bits per heavy atom. The van der Waals surface area contributed by atoms with Crippen LogP contribution in [-0.2, 0) is 15.1 Å². The lowest BCUT2D eigenvalue weighted by Gasteiger charge is -2.26. The Morgan fingerprint density at radius 2 is 1.95 bits per heavy atom. The van der Waals surface area contributed by atoms with Crippen LogP contribution in [0.25, 0.3) is 0 Å². The molecule has 1 aromatic carbocycles. The van der Waals surface area contributed by atoms with Gasteiger partial charge in [0, 0.05) is 26.6 Å². The second kappa shape index (κ2) is 11.0. The van der Waals surface area contributed by atoms with Gasteiger partial charge in [-0.1, -0.05) is 30.9 Å². The van der Waals surface area contributed by atoms with Crippen molar-refractivity contribution in [2.24, 2.45) is 11.0 Å². The highest BCUT2D eigenvalue weighted by atomic mass is 16.6. The molecule has 212 valence electrons. The summed E-state index contributed by atoms with van der Waals surface area (Å²) in [5.74, 6) is 0.509. The van der Waals surface area contributed by atoms with Crippen molar-refractivity contribution in [2.75, 3.05) is 43.0 Å². The maximum absolute atomic E-state index is 13.6. The molecule has 2 aliphatic carbocycles. The molecule has 2 aromatic rings. The summed E-state index contributed by atoms with van der Waals surface area (Å²) in [5, 5.41) is 8.98. The number of hydrogen-bond donors (Lipinski definition) is 1. The summed E-state index contributed by atoms with van der Waals surface area (Å²) >= 11 is 0. The SMILES string of the molecule is C=C(/C=N\N(CC)c1ccc(OC)cc1)C(=O)Nc1nc(N(C)C)n(C23C=CC=CC2C3)c1C(=O)OC(C)(C)C. The van der Waals surface area contributed by atoms with Crippen molar-refractivity contribution < 1.29 is 19.1 Å². The van der Waals surface area contributed by atoms with Gasteiger partial charge in [-0.3, -0.25) is 14.4 Å². The van der Waals surface area contributed by atoms with Gasteiger partial charge in [-0.2, -0.15) is 10.1 Å². The Labute approximate surface area is 235 Å². The lowest BCUT2D eigenvalue weighted by atomic mass is 10.1. The predicted octanol–water partition coefficient (Wildman–Crippen LogP) is 4.76. The Balaban J connectivity index is 1.64. The van der Waals surface area contributed by atoms with E-state index >= 15 is 0 Å². The molecule has 0 radical (unpaired) electrons. The first kappa shape index (κ1) is 28.7. The largest absolute Gasteiger partial charge is 0.497 e. The van der Waals surface area contributed by atoms with E-state index in [0.717, 1.165) is 17.9 Å². The van der Waals surface area contributed by atoms with Crippen molar-refractivity contribution in [1.29, 1.82) is 0 Å². The molecule has 1 amide bonds. The molecule has 2 aliphatic rings. The second-order valence-corrected chi connectivity index (χ2v) is 11.0. The molecule has 0 spiro atoms. The number of aromatic nitrogens is 2. The number of imidazole rings is 1. The number of methoxy groups -OCH3 is 1. The average Bonchev–Trinajstić information content (AvgIpc) is 3.53. The van der Waals surface area contributed by atoms with Crippen molar-refractivity contribution in [2.45, 2.75) is 45.3 Å². The van der Waals surface area contributed by atoms with Crippen LogP contribution in [0.15, 0.2) is 65.8 Å². The number of allylic oxidation sites excluding steroid dienone is 4. The highest BCUT2D eigenvalue weighted by Gasteiger charge is 2.56. The van der Waals surface area contributed by atoms with E-state index in [0.29, 0.717) is 12.5 Å². The van der Waals surface area contributed by atoms with E-state index in [1.807, 2.05) is 66.9 Å². The van der Waals surface area contributed by atoms with Gasteiger partial charge < -0.3 is 19.7 Å². The van der Waals surface area contributed by atoms with Crippen LogP contribution in [0.2, 0.25) is 0 Å². The third-order valence-corrected chi connectivity index (χ3v) is 6.68. The quantitative estimate of drug-likeness (QED) is 0.198. The fraction of sp³-hybridized carbons (Fsp3) is 0.400. The van der Waals surface area contributed by atoms with Gasteiger partial charge in [-0.15, -0.1) is 0 Å². The Kier molecular flexibility index (Phi) is 7.91. The zero-order valence-corrected chi connectivity index (χ0v) is 24.3. The fourth-order valence-corrected chi connectivity index (χ4v) is 4.65. The first-order chi connectivity index (χ1) is 18.9. The van der Waals surface area contributed by atoms with E-state index in [4.69, 9.17) is 14.5 Å². The molecule has 4 rings (SSSR count). The molecule has 1 N–H and O–H groups in total. The zero-order valence-electron chi connectivity index (χ0n) is 24.3. The van der Waals surface area contributed by atoms with E-state index in [9.17, 15) is 9.59 Å². The molecule has 10 heteroatoms. The Bertz CT molecular complexity index is 1380. The highest BCUT2D eigenvalue weighted by molar-refractivity contribution is 6.18. The predicted molar refractivity (Wildman–Crippen MR) is 158 cm³/mol. The number of amides is 1. The van der Waals surface area contributed by atoms with Crippen LogP contribution in [0.4, 0.5) is 17.5 Å². The number of hydrogen-bond acceptors (Lipinski definition) is 8. The molecule has 1 heterocycles. The standard InChI is InChI=1S/C30H38N6O4/c1-9-35(22-13-15-23(39-8)16-14-22)31-19-20(2)26(37)32-25-24(27(38)40-29(3,4)5)36(28(33-25)34(6)7)30-17-11-10-12-21(30)18-30/h10-17,19,21H,2,9,18H2,1,3-8H3,(H,32,37)/b31-19-. The summed E-state index contributed by atoms with van der Waals surface area (Å²) in [6.07, 6.45) is 10.4. The third kappa shape index (κ3) is 5.80. The van der Waals surface area contributed by atoms with Gasteiger partial charge in [0.1, 0.15) is 11.4 Å². The van der Waals surface area contributed by atoms with E-state index in [1.54, 1.807) is 32.9 Å². The topological polar surface area (TPSA) is 101 Å². The van der Waals surface area contributed by atoms with Crippen molar-refractivity contribution in [3.05, 3.63) is 66.4 Å². The molecule has 2 atom stereocenters. The number of nitrogens with zero attached hydrogens (tertiary/aromatic N) is 5. The van der Waals surface area contributed by atoms with Crippen molar-refractivity contribution in [1.82, 2.24) is 9.55 Å². The van der Waals surface area contributed by atoms with E-state index in [-0.39, 0.29) is 23.0 Å². The van der Waals surface area contributed by atoms with Crippen molar-refractivity contribution >= 4 is 35.5 Å². The third-order valence-electron chi connectivity index (χ3n) is 6.68. The lowest BCUT2D eigenvalue weighted by Crippen LogP contribution is -2.31. The number of ether oxygens (including phenoxy) is 2. The zero-order chi connectivity index (χ0) is 29.2. The summed E-state index contributed by atoms with van der Waals surface area (Å²) in [7, 11) is 5.31. The number of rotatable bonds is 10. The van der Waals surface area contributed by atoms with Gasteiger partial charge in [0.25, 0.3) is 5.91 Å². The minimum atomic E-state index is -0.740. The molecule has 2 unspecified atom stereocenters. The second-order valence-electron chi connectivity index (χ2n) is 11.0. The molecular formula is C30H38N6O4. The number of carbonyl (C=O) groups excluding carboxylic acids is 2. The first-order valence-corrected chi connectivity index (χ1v) is 13.3. The molecule has 0 saturated heterocycles. The van der Waals surface area contributed by atoms with Crippen LogP contribution >= 0.6 is 0 Å². The smallest absolute Gasteiger partial charge is 0.359 e. The molecule has 0 bridgehead atoms. The summed E-state index contributed by atoms with van der Waals surface area (Å²) in [6, 6.07) is 7.44. The number of anilines is 3. The average molecular weight is 547 g/mol. The monoisotopic (exact) mass is 546 g/mol.